The number of carbonyl (C=O) groups excluding carboxylic acids is 1. The fraction of sp³-hybridized carbons (Fsp3) is 0.150. The van der Waals surface area contributed by atoms with Gasteiger partial charge in [0.25, 0.3) is 15.9 Å². The molecule has 144 valence electrons. The van der Waals surface area contributed by atoms with Gasteiger partial charge in [0.2, 0.25) is 0 Å². The fourth-order valence-corrected chi connectivity index (χ4v) is 5.08. The van der Waals surface area contributed by atoms with Gasteiger partial charge in [0, 0.05) is 22.9 Å². The maximum Gasteiger partial charge on any atom is 0.268 e. The quantitative estimate of drug-likeness (QED) is 0.644. The van der Waals surface area contributed by atoms with Crippen molar-refractivity contribution >= 4 is 50.2 Å². The van der Waals surface area contributed by atoms with Crippen LogP contribution < -0.4 is 9.62 Å². The van der Waals surface area contributed by atoms with Gasteiger partial charge >= 0.3 is 0 Å². The van der Waals surface area contributed by atoms with Gasteiger partial charge < -0.3 is 4.90 Å². The number of aryl methyl sites for hydroxylation is 1. The summed E-state index contributed by atoms with van der Waals surface area (Å²) in [4.78, 5) is 15.4. The Morgan fingerprint density at radius 3 is 2.61 bits per heavy atom. The Balaban J connectivity index is 1.60. The van der Waals surface area contributed by atoms with Crippen molar-refractivity contribution in [1.82, 2.24) is 0 Å². The van der Waals surface area contributed by atoms with E-state index in [1.807, 2.05) is 17.5 Å². The molecule has 28 heavy (non-hydrogen) atoms. The molecule has 0 fully saturated rings. The number of halogens is 1. The third kappa shape index (κ3) is 3.78. The molecule has 0 unspecified atom stereocenters. The van der Waals surface area contributed by atoms with Crippen molar-refractivity contribution < 1.29 is 13.2 Å². The normalized spacial score (nSPS) is 13.8. The molecule has 1 N–H and O–H groups in total. The summed E-state index contributed by atoms with van der Waals surface area (Å²) in [6, 6.07) is 15.0. The standard InChI is InChI=1S/C20H17ClN2O3S2/c21-15-5-8-17(9-6-15)28(25,26)22-16-7-10-18-14(13-16)3-1-11-23(18)20(24)19-4-2-12-27-19/h2,4-10,12-13,22H,1,3,11H2. The minimum atomic E-state index is -3.71. The first-order chi connectivity index (χ1) is 13.4. The fourth-order valence-electron chi connectivity index (χ4n) is 3.23. The van der Waals surface area contributed by atoms with E-state index in [0.717, 1.165) is 24.1 Å². The summed E-state index contributed by atoms with van der Waals surface area (Å²) in [5, 5.41) is 2.36. The summed E-state index contributed by atoms with van der Waals surface area (Å²) < 4.78 is 27.8. The number of nitrogens with one attached hydrogen (secondary N) is 1. The summed E-state index contributed by atoms with van der Waals surface area (Å²) in [6.45, 7) is 0.652. The Bertz CT molecular complexity index is 1110. The first-order valence-electron chi connectivity index (χ1n) is 8.71. The second kappa shape index (κ2) is 7.58. The Hall–Kier alpha value is -2.35. The van der Waals surface area contributed by atoms with Crippen molar-refractivity contribution in [3.63, 3.8) is 0 Å². The third-order valence-corrected chi connectivity index (χ3v) is 7.06. The van der Waals surface area contributed by atoms with Crippen LogP contribution in [0.1, 0.15) is 21.7 Å². The van der Waals surface area contributed by atoms with E-state index in [-0.39, 0.29) is 10.8 Å². The topological polar surface area (TPSA) is 66.5 Å². The highest BCUT2D eigenvalue weighted by molar-refractivity contribution is 7.92. The molecule has 0 spiro atoms. The molecule has 1 amide bonds. The van der Waals surface area contributed by atoms with Gasteiger partial charge in [-0.2, -0.15) is 0 Å². The number of anilines is 2. The first-order valence-corrected chi connectivity index (χ1v) is 11.4. The number of benzene rings is 2. The van der Waals surface area contributed by atoms with Gasteiger partial charge in [-0.25, -0.2) is 8.42 Å². The monoisotopic (exact) mass is 432 g/mol. The zero-order valence-corrected chi connectivity index (χ0v) is 17.2. The van der Waals surface area contributed by atoms with Crippen LogP contribution >= 0.6 is 22.9 Å². The summed E-state index contributed by atoms with van der Waals surface area (Å²) in [7, 11) is -3.71. The van der Waals surface area contributed by atoms with E-state index in [4.69, 9.17) is 11.6 Å². The second-order valence-corrected chi connectivity index (χ2v) is 9.51. The molecule has 8 heteroatoms. The molecule has 0 radical (unpaired) electrons. The molecular formula is C20H17ClN2O3S2. The van der Waals surface area contributed by atoms with Crippen molar-refractivity contribution in [2.24, 2.45) is 0 Å². The van der Waals surface area contributed by atoms with E-state index < -0.39 is 10.0 Å². The first kappa shape index (κ1) is 19.0. The molecule has 0 aliphatic carbocycles. The van der Waals surface area contributed by atoms with Gasteiger partial charge in [0.1, 0.15) is 0 Å². The number of thiophene rings is 1. The maximum absolute atomic E-state index is 12.8. The molecular weight excluding hydrogens is 416 g/mol. The Labute approximate surface area is 172 Å². The van der Waals surface area contributed by atoms with Crippen LogP contribution in [-0.2, 0) is 16.4 Å². The zero-order valence-electron chi connectivity index (χ0n) is 14.8. The SMILES string of the molecule is O=C(c1cccs1)N1CCCc2cc(NS(=O)(=O)c3ccc(Cl)cc3)ccc21. The van der Waals surface area contributed by atoms with Crippen LogP contribution in [0.5, 0.6) is 0 Å². The number of sulfonamides is 1. The summed E-state index contributed by atoms with van der Waals surface area (Å²) in [5.74, 6) is -0.0227. The number of nitrogens with zero attached hydrogens (tertiary/aromatic N) is 1. The van der Waals surface area contributed by atoms with Crippen LogP contribution in [0.15, 0.2) is 64.9 Å². The minimum absolute atomic E-state index is 0.0227. The summed E-state index contributed by atoms with van der Waals surface area (Å²) in [6.07, 6.45) is 1.62. The van der Waals surface area contributed by atoms with Crippen LogP contribution in [0.2, 0.25) is 5.02 Å². The molecule has 0 bridgehead atoms. The van der Waals surface area contributed by atoms with Gasteiger partial charge in [-0.1, -0.05) is 17.7 Å². The average Bonchev–Trinajstić information content (AvgIpc) is 3.21. The zero-order chi connectivity index (χ0) is 19.7. The third-order valence-electron chi connectivity index (χ3n) is 4.55. The maximum atomic E-state index is 12.8. The van der Waals surface area contributed by atoms with Gasteiger partial charge in [-0.15, -0.1) is 11.3 Å². The van der Waals surface area contributed by atoms with Crippen LogP contribution in [0, 0.1) is 0 Å². The molecule has 2 heterocycles. The molecule has 1 aliphatic rings. The second-order valence-electron chi connectivity index (χ2n) is 6.44. The molecule has 0 saturated heterocycles. The number of hydrogen-bond acceptors (Lipinski definition) is 4. The van der Waals surface area contributed by atoms with E-state index in [2.05, 4.69) is 4.72 Å². The minimum Gasteiger partial charge on any atom is -0.307 e. The molecule has 1 aliphatic heterocycles. The lowest BCUT2D eigenvalue weighted by Crippen LogP contribution is -2.35. The highest BCUT2D eigenvalue weighted by Crippen LogP contribution is 2.32. The van der Waals surface area contributed by atoms with Crippen LogP contribution in [-0.4, -0.2) is 20.9 Å². The van der Waals surface area contributed by atoms with Crippen LogP contribution in [0.25, 0.3) is 0 Å². The molecule has 3 aromatic rings. The van der Waals surface area contributed by atoms with Crippen LogP contribution in [0.4, 0.5) is 11.4 Å². The molecule has 0 saturated carbocycles. The lowest BCUT2D eigenvalue weighted by molar-refractivity contribution is 0.0989. The van der Waals surface area contributed by atoms with Crippen molar-refractivity contribution in [1.29, 1.82) is 0 Å². The molecule has 2 aromatic carbocycles. The number of carbonyl (C=O) groups is 1. The van der Waals surface area contributed by atoms with Gasteiger partial charge in [-0.05, 0) is 72.3 Å². The Morgan fingerprint density at radius 2 is 1.89 bits per heavy atom. The highest BCUT2D eigenvalue weighted by atomic mass is 35.5. The Kier molecular flexibility index (Phi) is 5.14. The number of rotatable bonds is 4. The largest absolute Gasteiger partial charge is 0.307 e. The molecule has 4 rings (SSSR count). The lowest BCUT2D eigenvalue weighted by atomic mass is 10.0. The molecule has 5 nitrogen and oxygen atoms in total. The van der Waals surface area contributed by atoms with Gasteiger partial charge in [0.05, 0.1) is 9.77 Å². The van der Waals surface area contributed by atoms with Crippen molar-refractivity contribution in [3.8, 4) is 0 Å². The molecule has 0 atom stereocenters. The van der Waals surface area contributed by atoms with Crippen molar-refractivity contribution in [2.45, 2.75) is 17.7 Å². The number of amides is 1. The summed E-state index contributed by atoms with van der Waals surface area (Å²) in [5.41, 5.74) is 2.26. The molecule has 1 aromatic heterocycles. The van der Waals surface area contributed by atoms with Crippen LogP contribution in [0.3, 0.4) is 0 Å². The number of fused-ring (bicyclic) bond motifs is 1. The average molecular weight is 433 g/mol. The lowest BCUT2D eigenvalue weighted by Gasteiger charge is -2.29. The van der Waals surface area contributed by atoms with Gasteiger partial charge in [-0.3, -0.25) is 9.52 Å². The van der Waals surface area contributed by atoms with E-state index in [1.165, 1.54) is 35.6 Å². The summed E-state index contributed by atoms with van der Waals surface area (Å²) >= 11 is 7.25. The van der Waals surface area contributed by atoms with E-state index in [1.54, 1.807) is 23.1 Å². The number of hydrogen-bond donors (Lipinski definition) is 1. The van der Waals surface area contributed by atoms with Crippen molar-refractivity contribution in [3.05, 3.63) is 75.4 Å². The van der Waals surface area contributed by atoms with E-state index in [0.29, 0.717) is 22.1 Å². The predicted molar refractivity (Wildman–Crippen MR) is 113 cm³/mol. The van der Waals surface area contributed by atoms with E-state index >= 15 is 0 Å². The van der Waals surface area contributed by atoms with Gasteiger partial charge in [0.15, 0.2) is 0 Å². The Morgan fingerprint density at radius 1 is 1.11 bits per heavy atom. The highest BCUT2D eigenvalue weighted by Gasteiger charge is 2.25. The van der Waals surface area contributed by atoms with Crippen molar-refractivity contribution in [2.75, 3.05) is 16.2 Å². The van der Waals surface area contributed by atoms with E-state index in [9.17, 15) is 13.2 Å². The smallest absolute Gasteiger partial charge is 0.268 e. The predicted octanol–water partition coefficient (Wildman–Crippen LogP) is 4.80.